The first-order valence-electron chi connectivity index (χ1n) is 7.12. The van der Waals surface area contributed by atoms with Gasteiger partial charge in [0.1, 0.15) is 11.9 Å². The maximum absolute atomic E-state index is 13.4. The molecule has 2 aromatic carbocycles. The van der Waals surface area contributed by atoms with E-state index in [0.29, 0.717) is 0 Å². The Morgan fingerprint density at radius 3 is 2.35 bits per heavy atom. The molecule has 1 N–H and O–H groups in total. The van der Waals surface area contributed by atoms with E-state index < -0.39 is 6.10 Å². The summed E-state index contributed by atoms with van der Waals surface area (Å²) in [6.07, 6.45) is 2.75. The molecule has 1 unspecified atom stereocenters. The summed E-state index contributed by atoms with van der Waals surface area (Å²) < 4.78 is 13.4. The van der Waals surface area contributed by atoms with Crippen LogP contribution in [0.15, 0.2) is 30.3 Å². The monoisotopic (exact) mass is 270 g/mol. The van der Waals surface area contributed by atoms with Crippen LogP contribution in [-0.4, -0.2) is 5.11 Å². The van der Waals surface area contributed by atoms with Gasteiger partial charge in [0.15, 0.2) is 0 Å². The van der Waals surface area contributed by atoms with Crippen LogP contribution in [0.3, 0.4) is 0 Å². The van der Waals surface area contributed by atoms with E-state index in [4.69, 9.17) is 0 Å². The molecule has 0 bridgehead atoms. The molecule has 1 nitrogen and oxygen atoms in total. The van der Waals surface area contributed by atoms with Crippen LogP contribution in [0.25, 0.3) is 0 Å². The highest BCUT2D eigenvalue weighted by atomic mass is 19.1. The first-order valence-corrected chi connectivity index (χ1v) is 7.12. The van der Waals surface area contributed by atoms with E-state index in [-0.39, 0.29) is 5.82 Å². The minimum Gasteiger partial charge on any atom is -0.384 e. The van der Waals surface area contributed by atoms with Crippen molar-refractivity contribution in [3.63, 3.8) is 0 Å². The molecule has 20 heavy (non-hydrogen) atoms. The van der Waals surface area contributed by atoms with Crippen molar-refractivity contribution in [2.45, 2.75) is 39.2 Å². The van der Waals surface area contributed by atoms with E-state index in [1.54, 1.807) is 0 Å². The van der Waals surface area contributed by atoms with Crippen LogP contribution >= 0.6 is 0 Å². The average Bonchev–Trinajstić information content (AvgIpc) is 2.84. The van der Waals surface area contributed by atoms with Gasteiger partial charge in [0.25, 0.3) is 0 Å². The second-order valence-corrected chi connectivity index (χ2v) is 5.74. The van der Waals surface area contributed by atoms with Gasteiger partial charge in [-0.15, -0.1) is 0 Å². The molecule has 3 rings (SSSR count). The summed E-state index contributed by atoms with van der Waals surface area (Å²) in [4.78, 5) is 0. The summed E-state index contributed by atoms with van der Waals surface area (Å²) in [6.45, 7) is 3.70. The third-order valence-corrected chi connectivity index (χ3v) is 4.27. The molecule has 1 atom stereocenters. The van der Waals surface area contributed by atoms with Gasteiger partial charge in [-0.05, 0) is 78.6 Å². The predicted octanol–water partition coefficient (Wildman–Crippen LogP) is 4.01. The summed E-state index contributed by atoms with van der Waals surface area (Å²) in [7, 11) is 0. The predicted molar refractivity (Wildman–Crippen MR) is 78.4 cm³/mol. The summed E-state index contributed by atoms with van der Waals surface area (Å²) in [5.41, 5.74) is 6.08. The first-order chi connectivity index (χ1) is 9.56. The Kier molecular flexibility index (Phi) is 3.35. The maximum atomic E-state index is 13.4. The highest BCUT2D eigenvalue weighted by Crippen LogP contribution is 2.31. The van der Waals surface area contributed by atoms with E-state index in [9.17, 15) is 9.50 Å². The fourth-order valence-electron chi connectivity index (χ4n) is 3.28. The van der Waals surface area contributed by atoms with Gasteiger partial charge in [0.05, 0.1) is 0 Å². The van der Waals surface area contributed by atoms with Crippen molar-refractivity contribution in [2.75, 3.05) is 0 Å². The molecular weight excluding hydrogens is 251 g/mol. The van der Waals surface area contributed by atoms with Crippen LogP contribution in [0.4, 0.5) is 4.39 Å². The van der Waals surface area contributed by atoms with E-state index in [1.165, 1.54) is 29.7 Å². The van der Waals surface area contributed by atoms with Crippen LogP contribution in [-0.2, 0) is 12.8 Å². The quantitative estimate of drug-likeness (QED) is 0.874. The van der Waals surface area contributed by atoms with Crippen LogP contribution in [0, 0.1) is 19.7 Å². The Morgan fingerprint density at radius 1 is 1.00 bits per heavy atom. The highest BCUT2D eigenvalue weighted by Gasteiger charge is 2.19. The Hall–Kier alpha value is -1.67. The zero-order chi connectivity index (χ0) is 14.3. The number of hydrogen-bond donors (Lipinski definition) is 1. The number of aryl methyl sites for hydroxylation is 4. The van der Waals surface area contributed by atoms with Crippen molar-refractivity contribution in [1.82, 2.24) is 0 Å². The lowest BCUT2D eigenvalue weighted by Crippen LogP contribution is -2.06. The van der Waals surface area contributed by atoms with E-state index in [2.05, 4.69) is 12.1 Å². The number of rotatable bonds is 2. The molecule has 0 radical (unpaired) electrons. The minimum absolute atomic E-state index is 0.245. The molecule has 104 valence electrons. The fourth-order valence-corrected chi connectivity index (χ4v) is 3.28. The van der Waals surface area contributed by atoms with Gasteiger partial charge in [-0.1, -0.05) is 18.2 Å². The van der Waals surface area contributed by atoms with Crippen molar-refractivity contribution in [1.29, 1.82) is 0 Å². The zero-order valence-electron chi connectivity index (χ0n) is 11.9. The molecule has 0 aromatic heterocycles. The number of hydrogen-bond acceptors (Lipinski definition) is 1. The first kappa shape index (κ1) is 13.3. The van der Waals surface area contributed by atoms with Crippen LogP contribution in [0.1, 0.15) is 45.9 Å². The zero-order valence-corrected chi connectivity index (χ0v) is 11.9. The second kappa shape index (κ2) is 5.02. The van der Waals surface area contributed by atoms with E-state index in [1.807, 2.05) is 19.9 Å². The lowest BCUT2D eigenvalue weighted by molar-refractivity contribution is 0.218. The van der Waals surface area contributed by atoms with Crippen molar-refractivity contribution in [3.8, 4) is 0 Å². The van der Waals surface area contributed by atoms with Crippen LogP contribution < -0.4 is 0 Å². The summed E-state index contributed by atoms with van der Waals surface area (Å²) in [5, 5.41) is 10.7. The number of aliphatic hydroxyl groups is 1. The van der Waals surface area contributed by atoms with E-state index in [0.717, 1.165) is 35.1 Å². The Morgan fingerprint density at radius 2 is 1.65 bits per heavy atom. The Bertz CT molecular complexity index is 637. The summed E-state index contributed by atoms with van der Waals surface area (Å²) >= 11 is 0. The van der Waals surface area contributed by atoms with Gasteiger partial charge in [-0.2, -0.15) is 0 Å². The molecule has 0 fully saturated rings. The topological polar surface area (TPSA) is 20.2 Å². The minimum atomic E-state index is -0.679. The SMILES string of the molecule is Cc1cc(F)cc(C)c1C(O)c1ccc2c(c1)CCC2. The van der Waals surface area contributed by atoms with Crippen molar-refractivity contribution in [2.24, 2.45) is 0 Å². The molecule has 0 aliphatic heterocycles. The summed E-state index contributed by atoms with van der Waals surface area (Å²) in [6, 6.07) is 9.19. The molecule has 2 heteroatoms. The van der Waals surface area contributed by atoms with Crippen molar-refractivity contribution >= 4 is 0 Å². The number of fused-ring (bicyclic) bond motifs is 1. The van der Waals surface area contributed by atoms with Crippen molar-refractivity contribution < 1.29 is 9.50 Å². The lowest BCUT2D eigenvalue weighted by Gasteiger charge is -2.18. The maximum Gasteiger partial charge on any atom is 0.123 e. The molecule has 1 aliphatic carbocycles. The lowest BCUT2D eigenvalue weighted by atomic mass is 9.92. The molecule has 0 saturated heterocycles. The molecule has 1 aliphatic rings. The Labute approximate surface area is 119 Å². The van der Waals surface area contributed by atoms with Gasteiger partial charge in [-0.3, -0.25) is 0 Å². The number of benzene rings is 2. The summed E-state index contributed by atoms with van der Waals surface area (Å²) in [5.74, 6) is -0.245. The second-order valence-electron chi connectivity index (χ2n) is 5.74. The van der Waals surface area contributed by atoms with Crippen LogP contribution in [0.5, 0.6) is 0 Å². The average molecular weight is 270 g/mol. The molecule has 0 amide bonds. The van der Waals surface area contributed by atoms with Gasteiger partial charge >= 0.3 is 0 Å². The van der Waals surface area contributed by atoms with Crippen molar-refractivity contribution in [3.05, 3.63) is 69.5 Å². The molecule has 0 saturated carbocycles. The highest BCUT2D eigenvalue weighted by molar-refractivity contribution is 5.44. The third-order valence-electron chi connectivity index (χ3n) is 4.27. The molecule has 2 aromatic rings. The number of halogens is 1. The fraction of sp³-hybridized carbons (Fsp3) is 0.333. The molecule has 0 spiro atoms. The normalized spacial score (nSPS) is 15.2. The number of aliphatic hydroxyl groups excluding tert-OH is 1. The molecule has 0 heterocycles. The Balaban J connectivity index is 2.03. The largest absolute Gasteiger partial charge is 0.384 e. The van der Waals surface area contributed by atoms with Gasteiger partial charge in [0, 0.05) is 0 Å². The van der Waals surface area contributed by atoms with Gasteiger partial charge in [-0.25, -0.2) is 4.39 Å². The van der Waals surface area contributed by atoms with Gasteiger partial charge in [0.2, 0.25) is 0 Å². The molecular formula is C18H19FO. The van der Waals surface area contributed by atoms with Crippen LogP contribution in [0.2, 0.25) is 0 Å². The van der Waals surface area contributed by atoms with E-state index >= 15 is 0 Å². The smallest absolute Gasteiger partial charge is 0.123 e. The third kappa shape index (κ3) is 2.25. The van der Waals surface area contributed by atoms with Gasteiger partial charge < -0.3 is 5.11 Å². The standard InChI is InChI=1S/C18H19FO/c1-11-8-16(19)9-12(2)17(11)18(20)15-7-6-13-4-3-5-14(13)10-15/h6-10,18,20H,3-5H2,1-2H3.